The molecular formula is C15H21F2N3O3. The van der Waals surface area contributed by atoms with Gasteiger partial charge >= 0.3 is 5.97 Å². The maximum atomic E-state index is 13.2. The molecule has 1 aromatic rings. The highest BCUT2D eigenvalue weighted by atomic mass is 19.3. The van der Waals surface area contributed by atoms with Crippen LogP contribution in [0.4, 0.5) is 8.78 Å². The van der Waals surface area contributed by atoms with Crippen molar-refractivity contribution in [2.75, 3.05) is 13.1 Å². The zero-order valence-corrected chi connectivity index (χ0v) is 13.2. The molecule has 1 aliphatic heterocycles. The van der Waals surface area contributed by atoms with E-state index in [1.165, 1.54) is 15.8 Å². The first-order chi connectivity index (χ1) is 10.8. The van der Waals surface area contributed by atoms with Crippen molar-refractivity contribution in [3.8, 4) is 0 Å². The normalized spacial score (nSPS) is 18.7. The van der Waals surface area contributed by atoms with Gasteiger partial charge in [0.15, 0.2) is 5.69 Å². The van der Waals surface area contributed by atoms with Crippen LogP contribution in [0.5, 0.6) is 0 Å². The van der Waals surface area contributed by atoms with Crippen molar-refractivity contribution < 1.29 is 23.5 Å². The highest BCUT2D eigenvalue weighted by molar-refractivity contribution is 5.94. The van der Waals surface area contributed by atoms with Gasteiger partial charge in [-0.25, -0.2) is 8.78 Å². The first-order valence-corrected chi connectivity index (χ1v) is 7.67. The van der Waals surface area contributed by atoms with E-state index in [1.54, 1.807) is 0 Å². The molecule has 1 atom stereocenters. The fourth-order valence-electron chi connectivity index (χ4n) is 2.74. The van der Waals surface area contributed by atoms with Crippen LogP contribution in [-0.2, 0) is 11.3 Å². The second kappa shape index (κ2) is 7.06. The van der Waals surface area contributed by atoms with Crippen molar-refractivity contribution in [3.05, 3.63) is 17.5 Å². The van der Waals surface area contributed by atoms with Crippen molar-refractivity contribution in [2.24, 2.45) is 11.8 Å². The third kappa shape index (κ3) is 4.05. The number of aromatic nitrogens is 2. The van der Waals surface area contributed by atoms with Gasteiger partial charge in [0.2, 0.25) is 0 Å². The molecule has 23 heavy (non-hydrogen) atoms. The monoisotopic (exact) mass is 329 g/mol. The molecule has 1 fully saturated rings. The minimum atomic E-state index is -2.80. The molecule has 1 aromatic heterocycles. The van der Waals surface area contributed by atoms with Gasteiger partial charge in [-0.3, -0.25) is 14.3 Å². The summed E-state index contributed by atoms with van der Waals surface area (Å²) in [4.78, 5) is 24.9. The van der Waals surface area contributed by atoms with E-state index in [0.29, 0.717) is 25.9 Å². The van der Waals surface area contributed by atoms with Crippen LogP contribution in [0.1, 0.15) is 49.2 Å². The molecule has 1 saturated heterocycles. The topological polar surface area (TPSA) is 75.4 Å². The number of likely N-dealkylation sites (tertiary alicyclic amines) is 1. The Kier molecular flexibility index (Phi) is 5.33. The zero-order chi connectivity index (χ0) is 17.1. The molecule has 1 N–H and O–H groups in total. The van der Waals surface area contributed by atoms with Gasteiger partial charge in [-0.2, -0.15) is 5.10 Å². The Morgan fingerprint density at radius 2 is 2.13 bits per heavy atom. The molecular weight excluding hydrogens is 308 g/mol. The first kappa shape index (κ1) is 17.4. The molecule has 1 aliphatic rings. The molecule has 1 amide bonds. The van der Waals surface area contributed by atoms with Gasteiger partial charge in [-0.15, -0.1) is 0 Å². The molecule has 0 aromatic carbocycles. The van der Waals surface area contributed by atoms with Crippen LogP contribution in [0.3, 0.4) is 0 Å². The van der Waals surface area contributed by atoms with E-state index in [2.05, 4.69) is 5.10 Å². The Morgan fingerprint density at radius 3 is 2.70 bits per heavy atom. The van der Waals surface area contributed by atoms with Gasteiger partial charge < -0.3 is 10.0 Å². The molecule has 6 nitrogen and oxygen atoms in total. The van der Waals surface area contributed by atoms with Crippen LogP contribution in [0, 0.1) is 11.8 Å². The number of carbonyl (C=O) groups is 2. The van der Waals surface area contributed by atoms with Crippen LogP contribution in [0.15, 0.2) is 6.20 Å². The summed E-state index contributed by atoms with van der Waals surface area (Å²) < 4.78 is 27.7. The number of hydrogen-bond acceptors (Lipinski definition) is 3. The van der Waals surface area contributed by atoms with Gasteiger partial charge in [0, 0.05) is 25.8 Å². The van der Waals surface area contributed by atoms with Crippen molar-refractivity contribution in [1.82, 2.24) is 14.7 Å². The fraction of sp³-hybridized carbons (Fsp3) is 0.667. The van der Waals surface area contributed by atoms with Crippen molar-refractivity contribution in [3.63, 3.8) is 0 Å². The number of alkyl halides is 2. The lowest BCUT2D eigenvalue weighted by atomic mass is 9.98. The number of aliphatic carboxylic acids is 1. The molecule has 1 unspecified atom stereocenters. The van der Waals surface area contributed by atoms with E-state index in [9.17, 15) is 18.4 Å². The molecule has 0 saturated carbocycles. The van der Waals surface area contributed by atoms with Gasteiger partial charge in [0.05, 0.1) is 11.5 Å². The summed E-state index contributed by atoms with van der Waals surface area (Å²) in [6, 6.07) is 0. The van der Waals surface area contributed by atoms with Gasteiger partial charge in [-0.05, 0) is 18.8 Å². The maximum absolute atomic E-state index is 13.2. The largest absolute Gasteiger partial charge is 0.481 e. The quantitative estimate of drug-likeness (QED) is 0.900. The highest BCUT2D eigenvalue weighted by Gasteiger charge is 2.32. The lowest BCUT2D eigenvalue weighted by molar-refractivity contribution is -0.143. The summed E-state index contributed by atoms with van der Waals surface area (Å²) in [5.41, 5.74) is -0.667. The van der Waals surface area contributed by atoms with E-state index in [4.69, 9.17) is 5.11 Å². The average Bonchev–Trinajstić information content (AvgIpc) is 2.89. The zero-order valence-electron chi connectivity index (χ0n) is 13.2. The third-order valence-electron chi connectivity index (χ3n) is 3.84. The molecule has 128 valence electrons. The van der Waals surface area contributed by atoms with Gasteiger partial charge in [0.1, 0.15) is 0 Å². The molecule has 2 rings (SSSR count). The number of carboxylic acids is 1. The third-order valence-corrected chi connectivity index (χ3v) is 3.84. The number of carbonyl (C=O) groups excluding carboxylic acids is 1. The van der Waals surface area contributed by atoms with Crippen LogP contribution < -0.4 is 0 Å². The number of nitrogens with zero attached hydrogens (tertiary/aromatic N) is 3. The number of halogens is 2. The van der Waals surface area contributed by atoms with Crippen LogP contribution in [0.2, 0.25) is 0 Å². The number of amides is 1. The summed E-state index contributed by atoms with van der Waals surface area (Å²) in [5.74, 6) is -2.04. The number of carboxylic acid groups (broad SMARTS) is 1. The number of piperidine rings is 1. The minimum Gasteiger partial charge on any atom is -0.481 e. The van der Waals surface area contributed by atoms with Gasteiger partial charge in [-0.1, -0.05) is 13.8 Å². The second-order valence-corrected chi connectivity index (χ2v) is 6.28. The predicted molar refractivity (Wildman–Crippen MR) is 78.3 cm³/mol. The number of hydrogen-bond donors (Lipinski definition) is 1. The maximum Gasteiger partial charge on any atom is 0.308 e. The summed E-state index contributed by atoms with van der Waals surface area (Å²) >= 11 is 0. The molecule has 2 heterocycles. The van der Waals surface area contributed by atoms with Gasteiger partial charge in [0.25, 0.3) is 12.3 Å². The SMILES string of the molecule is CC(C)Cn1cc(C(F)F)c(C(=O)N2CCCC(C(=O)O)C2)n1. The van der Waals surface area contributed by atoms with Crippen LogP contribution in [0.25, 0.3) is 0 Å². The Bertz CT molecular complexity index is 587. The molecule has 8 heteroatoms. The molecule has 0 aliphatic carbocycles. The Hall–Kier alpha value is -1.99. The fourth-order valence-corrected chi connectivity index (χ4v) is 2.74. The summed E-state index contributed by atoms with van der Waals surface area (Å²) in [5, 5.41) is 13.1. The summed E-state index contributed by atoms with van der Waals surface area (Å²) in [7, 11) is 0. The molecule has 0 spiro atoms. The van der Waals surface area contributed by atoms with E-state index < -0.39 is 29.8 Å². The van der Waals surface area contributed by atoms with E-state index in [1.807, 2.05) is 13.8 Å². The lowest BCUT2D eigenvalue weighted by Gasteiger charge is -2.30. The summed E-state index contributed by atoms with van der Waals surface area (Å²) in [6.45, 7) is 4.68. The van der Waals surface area contributed by atoms with Crippen molar-refractivity contribution in [2.45, 2.75) is 39.7 Å². The number of rotatable bonds is 5. The van der Waals surface area contributed by atoms with Crippen LogP contribution in [-0.4, -0.2) is 44.8 Å². The first-order valence-electron chi connectivity index (χ1n) is 7.67. The Labute approximate surface area is 133 Å². The average molecular weight is 329 g/mol. The van der Waals surface area contributed by atoms with E-state index >= 15 is 0 Å². The van der Waals surface area contributed by atoms with Crippen molar-refractivity contribution in [1.29, 1.82) is 0 Å². The lowest BCUT2D eigenvalue weighted by Crippen LogP contribution is -2.42. The second-order valence-electron chi connectivity index (χ2n) is 6.28. The minimum absolute atomic E-state index is 0.0356. The Balaban J connectivity index is 2.23. The molecule has 0 bridgehead atoms. The standard InChI is InChI=1S/C15H21F2N3O3/c1-9(2)6-20-8-11(13(16)17)12(18-20)14(21)19-5-3-4-10(7-19)15(22)23/h8-10,13H,3-7H2,1-2H3,(H,22,23). The van der Waals surface area contributed by atoms with E-state index in [0.717, 1.165) is 0 Å². The smallest absolute Gasteiger partial charge is 0.308 e. The van der Waals surface area contributed by atoms with E-state index in [-0.39, 0.29) is 18.2 Å². The Morgan fingerprint density at radius 1 is 1.43 bits per heavy atom. The predicted octanol–water partition coefficient (Wildman–Crippen LogP) is 2.41. The van der Waals surface area contributed by atoms with Crippen LogP contribution >= 0.6 is 0 Å². The molecule has 0 radical (unpaired) electrons. The van der Waals surface area contributed by atoms with Crippen molar-refractivity contribution >= 4 is 11.9 Å². The highest BCUT2D eigenvalue weighted by Crippen LogP contribution is 2.25. The summed E-state index contributed by atoms with van der Waals surface area (Å²) in [6.07, 6.45) is -0.562.